The van der Waals surface area contributed by atoms with Crippen molar-refractivity contribution in [2.75, 3.05) is 13.1 Å². The Bertz CT molecular complexity index is 885. The lowest BCUT2D eigenvalue weighted by atomic mass is 9.96. The first kappa shape index (κ1) is 19.8. The molecular weight excluding hydrogens is 358 g/mol. The summed E-state index contributed by atoms with van der Waals surface area (Å²) in [6.45, 7) is 7.09. The van der Waals surface area contributed by atoms with Gasteiger partial charge < -0.3 is 9.88 Å². The number of aromatic nitrogens is 4. The van der Waals surface area contributed by atoms with Crippen molar-refractivity contribution >= 4 is 0 Å². The molecule has 0 bridgehead atoms. The zero-order valence-electron chi connectivity index (χ0n) is 17.5. The topological polar surface area (TPSA) is 57.7 Å². The molecule has 0 aliphatic carbocycles. The maximum absolute atomic E-state index is 4.61. The molecule has 1 saturated heterocycles. The Morgan fingerprint density at radius 3 is 2.55 bits per heavy atom. The number of likely N-dealkylation sites (tertiary alicyclic amines) is 1. The lowest BCUT2D eigenvalue weighted by Gasteiger charge is -2.36. The number of hydrogen-bond donors (Lipinski definition) is 1. The van der Waals surface area contributed by atoms with Gasteiger partial charge in [-0.15, -0.1) is 0 Å². The summed E-state index contributed by atoms with van der Waals surface area (Å²) in [7, 11) is 0. The zero-order valence-corrected chi connectivity index (χ0v) is 17.5. The lowest BCUT2D eigenvalue weighted by Crippen LogP contribution is -2.41. The fourth-order valence-electron chi connectivity index (χ4n) is 4.24. The van der Waals surface area contributed by atoms with E-state index in [4.69, 9.17) is 0 Å². The van der Waals surface area contributed by atoms with E-state index >= 15 is 0 Å². The Morgan fingerprint density at radius 2 is 1.79 bits per heavy atom. The summed E-state index contributed by atoms with van der Waals surface area (Å²) in [5.41, 5.74) is 2.99. The summed E-state index contributed by atoms with van der Waals surface area (Å²) in [6.07, 6.45) is 11.8. The van der Waals surface area contributed by atoms with Gasteiger partial charge in [0.25, 0.3) is 0 Å². The third-order valence-corrected chi connectivity index (χ3v) is 5.69. The van der Waals surface area contributed by atoms with E-state index in [0.29, 0.717) is 6.04 Å². The molecule has 2 aromatic heterocycles. The van der Waals surface area contributed by atoms with Crippen LogP contribution in [0.15, 0.2) is 48.9 Å². The van der Waals surface area contributed by atoms with Crippen LogP contribution in [0.4, 0.5) is 0 Å². The van der Waals surface area contributed by atoms with Crippen LogP contribution in [0.25, 0.3) is 22.6 Å². The molecule has 1 aromatic carbocycles. The number of nitrogens with zero attached hydrogens (tertiary/aromatic N) is 4. The van der Waals surface area contributed by atoms with Crippen molar-refractivity contribution in [1.82, 2.24) is 24.8 Å². The van der Waals surface area contributed by atoms with Gasteiger partial charge in [0.05, 0.1) is 11.9 Å². The van der Waals surface area contributed by atoms with Gasteiger partial charge in [-0.3, -0.25) is 0 Å². The first-order chi connectivity index (χ1) is 14.2. The molecule has 0 radical (unpaired) electrons. The number of hydrogen-bond acceptors (Lipinski definition) is 4. The highest BCUT2D eigenvalue weighted by atomic mass is 15.2. The van der Waals surface area contributed by atoms with Gasteiger partial charge in [0.15, 0.2) is 5.82 Å². The molecule has 0 spiro atoms. The Balaban J connectivity index is 1.38. The van der Waals surface area contributed by atoms with E-state index in [1.54, 1.807) is 0 Å². The summed E-state index contributed by atoms with van der Waals surface area (Å²) in [4.78, 5) is 19.8. The molecule has 4 rings (SSSR count). The standard InChI is InChI=1S/C24H31N5/c1-18(2)17-29-13-7-6-10-21(29)11-12-23-25-16-22(28-23)20-14-26-24(27-15-20)19-8-4-3-5-9-19/h3-5,8-9,14-16,18,21H,6-7,10-13,17H2,1-2H3,(H,25,28)/t21-/m0/s1. The highest BCUT2D eigenvalue weighted by molar-refractivity contribution is 5.60. The molecule has 1 aliphatic rings. The van der Waals surface area contributed by atoms with Crippen molar-refractivity contribution in [2.24, 2.45) is 5.92 Å². The minimum absolute atomic E-state index is 0.688. The summed E-state index contributed by atoms with van der Waals surface area (Å²) >= 11 is 0. The molecule has 29 heavy (non-hydrogen) atoms. The number of piperidine rings is 1. The van der Waals surface area contributed by atoms with Crippen LogP contribution in [0.3, 0.4) is 0 Å². The van der Waals surface area contributed by atoms with E-state index < -0.39 is 0 Å². The monoisotopic (exact) mass is 389 g/mol. The maximum atomic E-state index is 4.61. The molecule has 152 valence electrons. The third kappa shape index (κ3) is 5.10. The van der Waals surface area contributed by atoms with Crippen molar-refractivity contribution in [3.8, 4) is 22.6 Å². The summed E-state index contributed by atoms with van der Waals surface area (Å²) in [5, 5.41) is 0. The smallest absolute Gasteiger partial charge is 0.159 e. The van der Waals surface area contributed by atoms with Gasteiger partial charge in [-0.1, -0.05) is 50.6 Å². The Labute approximate surface area is 173 Å². The van der Waals surface area contributed by atoms with Crippen LogP contribution in [0, 0.1) is 5.92 Å². The van der Waals surface area contributed by atoms with Gasteiger partial charge in [0.2, 0.25) is 0 Å². The van der Waals surface area contributed by atoms with Crippen molar-refractivity contribution in [3.05, 3.63) is 54.7 Å². The zero-order chi connectivity index (χ0) is 20.1. The number of imidazole rings is 1. The Hall–Kier alpha value is -2.53. The highest BCUT2D eigenvalue weighted by Gasteiger charge is 2.23. The average molecular weight is 390 g/mol. The second-order valence-corrected chi connectivity index (χ2v) is 8.48. The highest BCUT2D eigenvalue weighted by Crippen LogP contribution is 2.23. The predicted octanol–water partition coefficient (Wildman–Crippen LogP) is 4.98. The second kappa shape index (κ2) is 9.31. The molecule has 0 saturated carbocycles. The molecule has 5 nitrogen and oxygen atoms in total. The first-order valence-corrected chi connectivity index (χ1v) is 10.8. The summed E-state index contributed by atoms with van der Waals surface area (Å²) < 4.78 is 0. The lowest BCUT2D eigenvalue weighted by molar-refractivity contribution is 0.125. The van der Waals surface area contributed by atoms with Crippen LogP contribution >= 0.6 is 0 Å². The van der Waals surface area contributed by atoms with Crippen LogP contribution in [0.5, 0.6) is 0 Å². The van der Waals surface area contributed by atoms with E-state index in [9.17, 15) is 0 Å². The normalized spacial score (nSPS) is 17.7. The third-order valence-electron chi connectivity index (χ3n) is 5.69. The van der Waals surface area contributed by atoms with Crippen molar-refractivity contribution < 1.29 is 0 Å². The molecule has 5 heteroatoms. The molecule has 0 amide bonds. The van der Waals surface area contributed by atoms with Gasteiger partial charge >= 0.3 is 0 Å². The number of rotatable bonds is 7. The molecule has 1 aliphatic heterocycles. The first-order valence-electron chi connectivity index (χ1n) is 10.8. The van der Waals surface area contributed by atoms with Gasteiger partial charge in [-0.05, 0) is 31.7 Å². The van der Waals surface area contributed by atoms with E-state index in [2.05, 4.69) is 38.7 Å². The summed E-state index contributed by atoms with van der Waals surface area (Å²) in [6, 6.07) is 10.7. The minimum Gasteiger partial charge on any atom is -0.342 e. The van der Waals surface area contributed by atoms with Gasteiger partial charge in [0, 0.05) is 42.5 Å². The minimum atomic E-state index is 0.688. The van der Waals surface area contributed by atoms with Crippen LogP contribution < -0.4 is 0 Å². The number of benzene rings is 1. The molecule has 3 aromatic rings. The van der Waals surface area contributed by atoms with E-state index in [0.717, 1.165) is 40.8 Å². The fourth-order valence-corrected chi connectivity index (χ4v) is 4.24. The van der Waals surface area contributed by atoms with Crippen LogP contribution in [-0.4, -0.2) is 44.0 Å². The van der Waals surface area contributed by atoms with Gasteiger partial charge in [-0.25, -0.2) is 15.0 Å². The van der Waals surface area contributed by atoms with E-state index in [1.807, 2.05) is 48.9 Å². The fraction of sp³-hybridized carbons (Fsp3) is 0.458. The number of aryl methyl sites for hydroxylation is 1. The Morgan fingerprint density at radius 1 is 1.00 bits per heavy atom. The Kier molecular flexibility index (Phi) is 6.35. The van der Waals surface area contributed by atoms with Crippen LogP contribution in [0.1, 0.15) is 45.4 Å². The number of aromatic amines is 1. The number of nitrogens with one attached hydrogen (secondary N) is 1. The van der Waals surface area contributed by atoms with Gasteiger partial charge in [-0.2, -0.15) is 0 Å². The predicted molar refractivity (Wildman–Crippen MR) is 117 cm³/mol. The van der Waals surface area contributed by atoms with Crippen LogP contribution in [-0.2, 0) is 6.42 Å². The summed E-state index contributed by atoms with van der Waals surface area (Å²) in [5.74, 6) is 2.53. The molecule has 1 atom stereocenters. The van der Waals surface area contributed by atoms with Crippen LogP contribution in [0.2, 0.25) is 0 Å². The largest absolute Gasteiger partial charge is 0.342 e. The number of H-pyrrole nitrogens is 1. The van der Waals surface area contributed by atoms with Gasteiger partial charge in [0.1, 0.15) is 5.82 Å². The molecule has 0 unspecified atom stereocenters. The van der Waals surface area contributed by atoms with Crippen molar-refractivity contribution in [3.63, 3.8) is 0 Å². The molecular formula is C24H31N5. The molecule has 1 fully saturated rings. The van der Waals surface area contributed by atoms with E-state index in [-0.39, 0.29) is 0 Å². The van der Waals surface area contributed by atoms with E-state index in [1.165, 1.54) is 38.8 Å². The quantitative estimate of drug-likeness (QED) is 0.619. The molecule has 1 N–H and O–H groups in total. The second-order valence-electron chi connectivity index (χ2n) is 8.48. The molecule has 3 heterocycles. The SMILES string of the molecule is CC(C)CN1CCCC[C@H]1CCc1ncc(-c2cnc(-c3ccccc3)nc2)[nH]1. The average Bonchev–Trinajstić information content (AvgIpc) is 3.23. The van der Waals surface area contributed by atoms with Crippen molar-refractivity contribution in [1.29, 1.82) is 0 Å². The van der Waals surface area contributed by atoms with Crippen molar-refractivity contribution in [2.45, 2.75) is 52.0 Å². The maximum Gasteiger partial charge on any atom is 0.159 e.